The lowest BCUT2D eigenvalue weighted by Crippen LogP contribution is -2.34. The summed E-state index contributed by atoms with van der Waals surface area (Å²) in [6, 6.07) is 5.39. The van der Waals surface area contributed by atoms with Gasteiger partial charge in [-0.1, -0.05) is 11.6 Å². The van der Waals surface area contributed by atoms with Crippen molar-refractivity contribution >= 4 is 65.7 Å². The minimum absolute atomic E-state index is 0.0352. The normalized spacial score (nSPS) is 17.1. The molecule has 1 saturated heterocycles. The minimum atomic E-state index is -4.07. The number of hydrogen-bond acceptors (Lipinski definition) is 5. The van der Waals surface area contributed by atoms with Gasteiger partial charge in [-0.15, -0.1) is 0 Å². The highest BCUT2D eigenvalue weighted by atomic mass is 79.9. The molecule has 2 aromatic carbocycles. The highest BCUT2D eigenvalue weighted by Crippen LogP contribution is 2.38. The van der Waals surface area contributed by atoms with Gasteiger partial charge in [0.15, 0.2) is 0 Å². The van der Waals surface area contributed by atoms with Crippen LogP contribution >= 0.6 is 27.5 Å². The van der Waals surface area contributed by atoms with Crippen molar-refractivity contribution in [1.29, 1.82) is 0 Å². The van der Waals surface area contributed by atoms with Crippen molar-refractivity contribution in [2.24, 2.45) is 7.05 Å². The molecule has 170 valence electrons. The predicted octanol–water partition coefficient (Wildman–Crippen LogP) is 3.93. The number of aromatic nitrogens is 2. The molecule has 0 spiro atoms. The van der Waals surface area contributed by atoms with E-state index in [2.05, 4.69) is 31.0 Å². The molecule has 1 aromatic heterocycles. The Bertz CT molecular complexity index is 1390. The van der Waals surface area contributed by atoms with Crippen molar-refractivity contribution in [3.05, 3.63) is 56.3 Å². The van der Waals surface area contributed by atoms with Crippen LogP contribution in [0, 0.1) is 5.82 Å². The van der Waals surface area contributed by atoms with Gasteiger partial charge in [-0.05, 0) is 46.6 Å². The average molecular weight is 549 g/mol. The lowest BCUT2D eigenvalue weighted by Gasteiger charge is -2.19. The fourth-order valence-corrected chi connectivity index (χ4v) is 5.53. The van der Waals surface area contributed by atoms with E-state index in [4.69, 9.17) is 11.6 Å². The maximum absolute atomic E-state index is 14.6. The molecule has 3 aromatic rings. The molecule has 4 rings (SSSR count). The SMILES string of the molecule is Cn1cnc2ccc(Nc3c(F)ccc(NS(=O)(=O)N4CCC(F)C4)c3Cl)c(Br)c2c1=O. The summed E-state index contributed by atoms with van der Waals surface area (Å²) in [5.74, 6) is -0.742. The molecule has 2 N–H and O–H groups in total. The number of halogens is 4. The molecule has 32 heavy (non-hydrogen) atoms. The van der Waals surface area contributed by atoms with Gasteiger partial charge in [-0.3, -0.25) is 9.52 Å². The minimum Gasteiger partial charge on any atom is -0.351 e. The summed E-state index contributed by atoms with van der Waals surface area (Å²) in [5, 5.41) is 2.87. The summed E-state index contributed by atoms with van der Waals surface area (Å²) in [5.41, 5.74) is 0.179. The molecule has 0 aliphatic carbocycles. The summed E-state index contributed by atoms with van der Waals surface area (Å²) in [4.78, 5) is 16.7. The van der Waals surface area contributed by atoms with Gasteiger partial charge in [0.05, 0.1) is 43.8 Å². The Labute approximate surface area is 195 Å². The monoisotopic (exact) mass is 547 g/mol. The van der Waals surface area contributed by atoms with Crippen LogP contribution in [0.4, 0.5) is 25.8 Å². The Morgan fingerprint density at radius 1 is 1.25 bits per heavy atom. The molecule has 1 unspecified atom stereocenters. The maximum Gasteiger partial charge on any atom is 0.301 e. The number of nitrogens with one attached hydrogen (secondary N) is 2. The quantitative estimate of drug-likeness (QED) is 0.504. The zero-order valence-electron chi connectivity index (χ0n) is 16.6. The number of nitrogens with zero attached hydrogens (tertiary/aromatic N) is 3. The zero-order chi connectivity index (χ0) is 23.2. The summed E-state index contributed by atoms with van der Waals surface area (Å²) < 4.78 is 58.0. The number of aryl methyl sites for hydroxylation is 1. The van der Waals surface area contributed by atoms with Crippen LogP contribution in [0.25, 0.3) is 10.9 Å². The predicted molar refractivity (Wildman–Crippen MR) is 123 cm³/mol. The fourth-order valence-electron chi connectivity index (χ4n) is 3.34. The molecule has 1 aliphatic rings. The standard InChI is InChI=1S/C19H17BrClF2N5O3S/c1-27-9-24-12-4-5-13(16(20)15(12)19(27)29)25-18-11(23)2-3-14(17(18)21)26-32(30,31)28-7-6-10(22)8-28/h2-5,9-10,25-26H,6-8H2,1H3. The number of benzene rings is 2. The average Bonchev–Trinajstić information content (AvgIpc) is 3.19. The van der Waals surface area contributed by atoms with Crippen molar-refractivity contribution in [3.63, 3.8) is 0 Å². The Kier molecular flexibility index (Phi) is 6.14. The maximum atomic E-state index is 14.6. The second-order valence-corrected chi connectivity index (χ2v) is 10.1. The number of fused-ring (bicyclic) bond motifs is 1. The van der Waals surface area contributed by atoms with E-state index in [-0.39, 0.29) is 46.9 Å². The van der Waals surface area contributed by atoms with E-state index in [9.17, 15) is 22.0 Å². The topological polar surface area (TPSA) is 96.3 Å². The first-order chi connectivity index (χ1) is 15.1. The number of anilines is 3. The van der Waals surface area contributed by atoms with E-state index in [0.29, 0.717) is 15.7 Å². The Morgan fingerprint density at radius 3 is 2.66 bits per heavy atom. The summed E-state index contributed by atoms with van der Waals surface area (Å²) >= 11 is 9.67. The van der Waals surface area contributed by atoms with Crippen LogP contribution in [0.3, 0.4) is 0 Å². The second-order valence-electron chi connectivity index (χ2n) is 7.24. The molecular weight excluding hydrogens is 532 g/mol. The fraction of sp³-hybridized carbons (Fsp3) is 0.263. The smallest absolute Gasteiger partial charge is 0.301 e. The summed E-state index contributed by atoms with van der Waals surface area (Å²) in [6.07, 6.45) is 0.261. The van der Waals surface area contributed by atoms with Crippen molar-refractivity contribution in [3.8, 4) is 0 Å². The van der Waals surface area contributed by atoms with Gasteiger partial charge in [0.1, 0.15) is 12.0 Å². The van der Waals surface area contributed by atoms with Gasteiger partial charge in [-0.25, -0.2) is 13.8 Å². The number of hydrogen-bond donors (Lipinski definition) is 2. The van der Waals surface area contributed by atoms with Crippen LogP contribution in [0.1, 0.15) is 6.42 Å². The zero-order valence-corrected chi connectivity index (χ0v) is 19.7. The van der Waals surface area contributed by atoms with Gasteiger partial charge in [0.25, 0.3) is 5.56 Å². The highest BCUT2D eigenvalue weighted by molar-refractivity contribution is 9.10. The number of rotatable bonds is 5. The first kappa shape index (κ1) is 22.9. The van der Waals surface area contributed by atoms with E-state index >= 15 is 0 Å². The molecule has 0 radical (unpaired) electrons. The Balaban J connectivity index is 1.70. The van der Waals surface area contributed by atoms with Crippen LogP contribution < -0.4 is 15.6 Å². The first-order valence-electron chi connectivity index (χ1n) is 9.39. The van der Waals surface area contributed by atoms with Crippen molar-refractivity contribution in [1.82, 2.24) is 13.9 Å². The lowest BCUT2D eigenvalue weighted by molar-refractivity contribution is 0.343. The van der Waals surface area contributed by atoms with Gasteiger partial charge in [0, 0.05) is 20.1 Å². The largest absolute Gasteiger partial charge is 0.351 e. The lowest BCUT2D eigenvalue weighted by atomic mass is 10.2. The van der Waals surface area contributed by atoms with Crippen molar-refractivity contribution in [2.45, 2.75) is 12.6 Å². The van der Waals surface area contributed by atoms with Crippen LogP contribution in [0.15, 0.2) is 39.9 Å². The third-order valence-electron chi connectivity index (χ3n) is 5.05. The Hall–Kier alpha value is -2.28. The molecule has 13 heteroatoms. The number of alkyl halides is 1. The first-order valence-corrected chi connectivity index (χ1v) is 12.0. The van der Waals surface area contributed by atoms with Gasteiger partial charge in [0.2, 0.25) is 0 Å². The van der Waals surface area contributed by atoms with E-state index in [1.165, 1.54) is 17.0 Å². The molecule has 0 bridgehead atoms. The third kappa shape index (κ3) is 4.19. The van der Waals surface area contributed by atoms with Crippen LogP contribution in [-0.4, -0.2) is 41.5 Å². The molecule has 0 amide bonds. The Morgan fingerprint density at radius 2 is 1.97 bits per heavy atom. The summed E-state index contributed by atoms with van der Waals surface area (Å²) in [6.45, 7) is -0.222. The summed E-state index contributed by atoms with van der Waals surface area (Å²) in [7, 11) is -2.52. The molecular formula is C19H17BrClF2N5O3S. The van der Waals surface area contributed by atoms with Crippen LogP contribution in [-0.2, 0) is 17.3 Å². The van der Waals surface area contributed by atoms with E-state index in [0.717, 1.165) is 10.4 Å². The van der Waals surface area contributed by atoms with Gasteiger partial charge >= 0.3 is 10.2 Å². The second kappa shape index (κ2) is 8.58. The molecule has 1 fully saturated rings. The molecule has 1 aliphatic heterocycles. The molecule has 2 heterocycles. The van der Waals surface area contributed by atoms with Crippen molar-refractivity contribution in [2.75, 3.05) is 23.1 Å². The third-order valence-corrected chi connectivity index (χ3v) is 7.75. The van der Waals surface area contributed by atoms with E-state index < -0.39 is 22.2 Å². The van der Waals surface area contributed by atoms with E-state index in [1.807, 2.05) is 0 Å². The van der Waals surface area contributed by atoms with Crippen LogP contribution in [0.5, 0.6) is 0 Å². The molecule has 1 atom stereocenters. The molecule has 8 nitrogen and oxygen atoms in total. The molecule has 0 saturated carbocycles. The van der Waals surface area contributed by atoms with Gasteiger partial charge < -0.3 is 9.88 Å². The van der Waals surface area contributed by atoms with Crippen LogP contribution in [0.2, 0.25) is 5.02 Å². The highest BCUT2D eigenvalue weighted by Gasteiger charge is 2.32. The van der Waals surface area contributed by atoms with E-state index in [1.54, 1.807) is 19.2 Å². The van der Waals surface area contributed by atoms with Crippen molar-refractivity contribution < 1.29 is 17.2 Å². The van der Waals surface area contributed by atoms with Gasteiger partial charge in [-0.2, -0.15) is 12.7 Å².